The largest absolute Gasteiger partial charge is 0.399 e. The van der Waals surface area contributed by atoms with Crippen LogP contribution in [0.5, 0.6) is 0 Å². The summed E-state index contributed by atoms with van der Waals surface area (Å²) in [4.78, 5) is 5.17. The fourth-order valence-electron chi connectivity index (χ4n) is 3.20. The van der Waals surface area contributed by atoms with E-state index in [0.29, 0.717) is 0 Å². The third-order valence-corrected chi connectivity index (χ3v) is 4.24. The minimum absolute atomic E-state index is 0.871. The molecule has 0 atom stereocenters. The van der Waals surface area contributed by atoms with Crippen molar-refractivity contribution in [2.24, 2.45) is 5.16 Å². The highest BCUT2D eigenvalue weighted by Gasteiger charge is 2.25. The lowest BCUT2D eigenvalue weighted by atomic mass is 9.80. The second-order valence-corrected chi connectivity index (χ2v) is 5.68. The summed E-state index contributed by atoms with van der Waals surface area (Å²) in [6, 6.07) is 27.1. The maximum atomic E-state index is 5.17. The summed E-state index contributed by atoms with van der Waals surface area (Å²) >= 11 is 0. The van der Waals surface area contributed by atoms with Crippen LogP contribution in [0.3, 0.4) is 0 Å². The first kappa shape index (κ1) is 14.5. The summed E-state index contributed by atoms with van der Waals surface area (Å²) in [6.07, 6.45) is 2.17. The fourth-order valence-corrected chi connectivity index (χ4v) is 3.20. The van der Waals surface area contributed by atoms with Crippen molar-refractivity contribution in [3.05, 3.63) is 95.6 Å². The zero-order chi connectivity index (χ0) is 16.4. The minimum Gasteiger partial charge on any atom is -0.399 e. The van der Waals surface area contributed by atoms with E-state index in [1.807, 2.05) is 24.3 Å². The molecule has 0 fully saturated rings. The normalized spacial score (nSPS) is 15.9. The van der Waals surface area contributed by atoms with E-state index in [-0.39, 0.29) is 0 Å². The van der Waals surface area contributed by atoms with Crippen LogP contribution >= 0.6 is 0 Å². The number of fused-ring (bicyclic) bond motifs is 3. The molecule has 3 aromatic carbocycles. The quantitative estimate of drug-likeness (QED) is 0.592. The average Bonchev–Trinajstić information content (AvgIpc) is 2.65. The second-order valence-electron chi connectivity index (χ2n) is 5.68. The first-order chi connectivity index (χ1) is 11.9. The van der Waals surface area contributed by atoms with E-state index in [4.69, 9.17) is 4.84 Å². The number of benzene rings is 3. The number of oxime groups is 1. The van der Waals surface area contributed by atoms with E-state index in [0.717, 1.165) is 22.4 Å². The number of nitrogens with zero attached hydrogens (tertiary/aromatic N) is 1. The molecule has 3 aromatic rings. The van der Waals surface area contributed by atoms with Gasteiger partial charge in [-0.2, -0.15) is 0 Å². The van der Waals surface area contributed by atoms with E-state index in [9.17, 15) is 0 Å². The first-order valence-electron chi connectivity index (χ1n) is 7.96. The lowest BCUT2D eigenvalue weighted by molar-refractivity contribution is 0.214. The predicted octanol–water partition coefficient (Wildman–Crippen LogP) is 5.26. The first-order valence-corrected chi connectivity index (χ1v) is 7.96. The van der Waals surface area contributed by atoms with Crippen LogP contribution in [0.4, 0.5) is 0 Å². The number of hydrogen-bond acceptors (Lipinski definition) is 2. The van der Waals surface area contributed by atoms with Gasteiger partial charge in [0.05, 0.1) is 0 Å². The Labute approximate surface area is 141 Å². The lowest BCUT2D eigenvalue weighted by Crippen LogP contribution is -2.13. The smallest absolute Gasteiger partial charge is 0.118 e. The van der Waals surface area contributed by atoms with Crippen molar-refractivity contribution >= 4 is 17.4 Å². The van der Waals surface area contributed by atoms with Gasteiger partial charge in [0.1, 0.15) is 12.8 Å². The molecule has 4 rings (SSSR count). The van der Waals surface area contributed by atoms with Crippen LogP contribution in [0.25, 0.3) is 22.8 Å². The van der Waals surface area contributed by atoms with Crippen molar-refractivity contribution in [3.63, 3.8) is 0 Å². The molecule has 0 aromatic heterocycles. The molecule has 116 valence electrons. The lowest BCUT2D eigenvalue weighted by Gasteiger charge is -2.23. The molecular formula is C22H17NO. The van der Waals surface area contributed by atoms with Crippen LogP contribution in [-0.4, -0.2) is 12.8 Å². The molecule has 0 radical (unpaired) electrons. The van der Waals surface area contributed by atoms with Gasteiger partial charge in [-0.3, -0.25) is 0 Å². The Hall–Kier alpha value is -3.13. The van der Waals surface area contributed by atoms with E-state index in [2.05, 4.69) is 65.8 Å². The summed E-state index contributed by atoms with van der Waals surface area (Å²) in [5, 5.41) is 4.35. The van der Waals surface area contributed by atoms with Gasteiger partial charge < -0.3 is 4.84 Å². The third kappa shape index (κ3) is 2.42. The molecule has 0 unspecified atom stereocenters. The molecule has 0 amide bonds. The Kier molecular flexibility index (Phi) is 3.72. The topological polar surface area (TPSA) is 21.6 Å². The highest BCUT2D eigenvalue weighted by atomic mass is 16.6. The monoisotopic (exact) mass is 311 g/mol. The molecule has 0 spiro atoms. The van der Waals surface area contributed by atoms with E-state index in [1.54, 1.807) is 7.11 Å². The van der Waals surface area contributed by atoms with Gasteiger partial charge in [-0.15, -0.1) is 0 Å². The molecule has 0 bridgehead atoms. The van der Waals surface area contributed by atoms with Crippen LogP contribution < -0.4 is 0 Å². The van der Waals surface area contributed by atoms with Gasteiger partial charge >= 0.3 is 0 Å². The van der Waals surface area contributed by atoms with Gasteiger partial charge in [-0.05, 0) is 28.3 Å². The predicted molar refractivity (Wildman–Crippen MR) is 99.7 cm³/mol. The fraction of sp³-hybridized carbons (Fsp3) is 0.0455. The summed E-state index contributed by atoms with van der Waals surface area (Å²) in [5.74, 6) is 0. The van der Waals surface area contributed by atoms with Crippen LogP contribution in [-0.2, 0) is 4.84 Å². The number of allylic oxidation sites excluding steroid dienone is 1. The highest BCUT2D eigenvalue weighted by Crippen LogP contribution is 2.40. The van der Waals surface area contributed by atoms with Crippen molar-refractivity contribution in [3.8, 4) is 11.1 Å². The summed E-state index contributed by atoms with van der Waals surface area (Å²) in [7, 11) is 1.59. The minimum atomic E-state index is 0.871. The van der Waals surface area contributed by atoms with E-state index in [1.165, 1.54) is 16.7 Å². The Bertz CT molecular complexity index is 939. The maximum Gasteiger partial charge on any atom is 0.118 e. The molecular weight excluding hydrogens is 294 g/mol. The Morgan fingerprint density at radius 1 is 0.667 bits per heavy atom. The molecule has 0 saturated heterocycles. The van der Waals surface area contributed by atoms with Gasteiger partial charge in [0, 0.05) is 11.1 Å². The van der Waals surface area contributed by atoms with Crippen molar-refractivity contribution < 1.29 is 4.84 Å². The van der Waals surface area contributed by atoms with Gasteiger partial charge in [-0.1, -0.05) is 84.0 Å². The van der Waals surface area contributed by atoms with Gasteiger partial charge in [0.2, 0.25) is 0 Å². The Morgan fingerprint density at radius 2 is 1.21 bits per heavy atom. The zero-order valence-corrected chi connectivity index (χ0v) is 13.4. The summed E-state index contributed by atoms with van der Waals surface area (Å²) < 4.78 is 0. The summed E-state index contributed by atoms with van der Waals surface area (Å²) in [5.41, 5.74) is 7.79. The van der Waals surface area contributed by atoms with E-state index < -0.39 is 0 Å². The Balaban J connectivity index is 2.02. The summed E-state index contributed by atoms with van der Waals surface area (Å²) in [6.45, 7) is 0. The van der Waals surface area contributed by atoms with Crippen LogP contribution in [0.15, 0.2) is 84.0 Å². The van der Waals surface area contributed by atoms with Crippen LogP contribution in [0, 0.1) is 0 Å². The maximum absolute atomic E-state index is 5.17. The molecule has 2 heteroatoms. The highest BCUT2D eigenvalue weighted by molar-refractivity contribution is 6.39. The molecule has 2 nitrogen and oxygen atoms in total. The van der Waals surface area contributed by atoms with Gasteiger partial charge in [0.15, 0.2) is 0 Å². The number of hydrogen-bond donors (Lipinski definition) is 0. The van der Waals surface area contributed by atoms with Crippen molar-refractivity contribution in [1.29, 1.82) is 0 Å². The molecule has 24 heavy (non-hydrogen) atoms. The van der Waals surface area contributed by atoms with Crippen LogP contribution in [0.1, 0.15) is 16.7 Å². The molecule has 0 aliphatic heterocycles. The van der Waals surface area contributed by atoms with Crippen molar-refractivity contribution in [1.82, 2.24) is 0 Å². The van der Waals surface area contributed by atoms with Crippen LogP contribution in [0.2, 0.25) is 0 Å². The SMILES string of the molecule is CO/N=C1/C(=C\c2ccccc2)c2ccccc2-c2ccccc21. The Morgan fingerprint density at radius 3 is 1.88 bits per heavy atom. The van der Waals surface area contributed by atoms with Crippen molar-refractivity contribution in [2.45, 2.75) is 0 Å². The molecule has 0 saturated carbocycles. The number of rotatable bonds is 2. The molecule has 1 aliphatic rings. The zero-order valence-electron chi connectivity index (χ0n) is 13.4. The standard InChI is InChI=1S/C22H17NO/c1-24-23-22-20-14-8-7-12-18(20)17-11-5-6-13-19(17)21(22)15-16-9-3-2-4-10-16/h2-15H,1H3/b21-15-,23-22+. The molecule has 0 heterocycles. The second kappa shape index (κ2) is 6.17. The average molecular weight is 311 g/mol. The van der Waals surface area contributed by atoms with E-state index >= 15 is 0 Å². The third-order valence-electron chi connectivity index (χ3n) is 4.24. The van der Waals surface area contributed by atoms with Crippen molar-refractivity contribution in [2.75, 3.05) is 7.11 Å². The molecule has 1 aliphatic carbocycles. The molecule has 0 N–H and O–H groups in total. The van der Waals surface area contributed by atoms with Gasteiger partial charge in [0.25, 0.3) is 0 Å². The van der Waals surface area contributed by atoms with Gasteiger partial charge in [-0.25, -0.2) is 0 Å².